The van der Waals surface area contributed by atoms with E-state index in [1.807, 2.05) is 12.1 Å². The fourth-order valence-electron chi connectivity index (χ4n) is 2.60. The van der Waals surface area contributed by atoms with Crippen molar-refractivity contribution in [2.24, 2.45) is 10.7 Å². The van der Waals surface area contributed by atoms with Crippen LogP contribution in [-0.4, -0.2) is 50.3 Å². The van der Waals surface area contributed by atoms with Crippen LogP contribution in [0, 0.1) is 0 Å². The highest BCUT2D eigenvalue weighted by molar-refractivity contribution is 5.81. The van der Waals surface area contributed by atoms with Gasteiger partial charge in [0, 0.05) is 13.7 Å². The molecule has 0 aromatic heterocycles. The maximum absolute atomic E-state index is 6.00. The Morgan fingerprint density at radius 3 is 2.60 bits per heavy atom. The van der Waals surface area contributed by atoms with Gasteiger partial charge in [-0.3, -0.25) is 4.99 Å². The van der Waals surface area contributed by atoms with Gasteiger partial charge in [0.2, 0.25) is 0 Å². The van der Waals surface area contributed by atoms with Crippen LogP contribution in [0.1, 0.15) is 12.5 Å². The molecule has 1 aliphatic heterocycles. The molecule has 0 saturated carbocycles. The van der Waals surface area contributed by atoms with E-state index in [1.54, 1.807) is 14.2 Å². The molecule has 1 heterocycles. The zero-order valence-corrected chi connectivity index (χ0v) is 12.4. The Balaban J connectivity index is 2.09. The zero-order valence-electron chi connectivity index (χ0n) is 12.4. The number of rotatable bonds is 6. The molecule has 5 heteroatoms. The molecular weight excluding hydrogens is 254 g/mol. The van der Waals surface area contributed by atoms with Gasteiger partial charge in [-0.15, -0.1) is 0 Å². The summed E-state index contributed by atoms with van der Waals surface area (Å²) in [5.41, 5.74) is 7.16. The monoisotopic (exact) mass is 277 g/mol. The van der Waals surface area contributed by atoms with Gasteiger partial charge in [-0.25, -0.2) is 0 Å². The van der Waals surface area contributed by atoms with E-state index in [1.165, 1.54) is 5.56 Å². The highest BCUT2D eigenvalue weighted by Gasteiger charge is 2.37. The molecule has 0 amide bonds. The summed E-state index contributed by atoms with van der Waals surface area (Å²) in [5, 5.41) is 0. The minimum atomic E-state index is -0.0861. The van der Waals surface area contributed by atoms with Gasteiger partial charge in [-0.1, -0.05) is 12.1 Å². The summed E-state index contributed by atoms with van der Waals surface area (Å²) in [4.78, 5) is 6.53. The molecule has 110 valence electrons. The second kappa shape index (κ2) is 6.13. The smallest absolute Gasteiger partial charge is 0.191 e. The standard InChI is InChI=1S/C15H23N3O2/c1-15(10-12-4-6-13(20-3)7-5-12)11-17-14(16)18(15)8-9-19-2/h4-7H,8-11H2,1-3H3,(H2,16,17). The molecule has 20 heavy (non-hydrogen) atoms. The van der Waals surface area contributed by atoms with E-state index in [0.29, 0.717) is 19.1 Å². The average molecular weight is 277 g/mol. The molecule has 1 aromatic carbocycles. The first kappa shape index (κ1) is 14.7. The second-order valence-electron chi connectivity index (χ2n) is 5.34. The van der Waals surface area contributed by atoms with Crippen LogP contribution in [0.3, 0.4) is 0 Å². The molecule has 1 atom stereocenters. The number of nitrogens with two attached hydrogens (primary N) is 1. The normalized spacial score (nSPS) is 21.9. The summed E-state index contributed by atoms with van der Waals surface area (Å²) in [6, 6.07) is 8.15. The Morgan fingerprint density at radius 1 is 1.30 bits per heavy atom. The van der Waals surface area contributed by atoms with Crippen LogP contribution in [0.5, 0.6) is 5.75 Å². The molecule has 1 aromatic rings. The number of hydrogen-bond donors (Lipinski definition) is 1. The highest BCUT2D eigenvalue weighted by atomic mass is 16.5. The van der Waals surface area contributed by atoms with Gasteiger partial charge in [0.05, 0.1) is 25.8 Å². The molecule has 1 unspecified atom stereocenters. The molecule has 0 aliphatic carbocycles. The van der Waals surface area contributed by atoms with Gasteiger partial charge in [-0.2, -0.15) is 0 Å². The van der Waals surface area contributed by atoms with Crippen molar-refractivity contribution in [2.75, 3.05) is 33.9 Å². The lowest BCUT2D eigenvalue weighted by atomic mass is 9.92. The quantitative estimate of drug-likeness (QED) is 0.851. The van der Waals surface area contributed by atoms with Gasteiger partial charge in [-0.05, 0) is 31.0 Å². The Labute approximate surface area is 120 Å². The average Bonchev–Trinajstić information content (AvgIpc) is 2.73. The third-order valence-corrected chi connectivity index (χ3v) is 3.77. The fraction of sp³-hybridized carbons (Fsp3) is 0.533. The van der Waals surface area contributed by atoms with E-state index >= 15 is 0 Å². The zero-order chi connectivity index (χ0) is 14.6. The molecule has 0 spiro atoms. The van der Waals surface area contributed by atoms with Crippen molar-refractivity contribution in [3.63, 3.8) is 0 Å². The molecule has 0 fully saturated rings. The molecule has 0 radical (unpaired) electrons. The van der Waals surface area contributed by atoms with E-state index in [2.05, 4.69) is 28.9 Å². The third-order valence-electron chi connectivity index (χ3n) is 3.77. The molecule has 2 N–H and O–H groups in total. The Morgan fingerprint density at radius 2 is 2.00 bits per heavy atom. The molecule has 0 bridgehead atoms. The van der Waals surface area contributed by atoms with Gasteiger partial charge >= 0.3 is 0 Å². The van der Waals surface area contributed by atoms with Crippen molar-refractivity contribution in [1.82, 2.24) is 4.90 Å². The first-order valence-electron chi connectivity index (χ1n) is 6.78. The Kier molecular flexibility index (Phi) is 4.49. The number of methoxy groups -OCH3 is 2. The van der Waals surface area contributed by atoms with Crippen molar-refractivity contribution >= 4 is 5.96 Å². The Bertz CT molecular complexity index is 473. The number of benzene rings is 1. The predicted molar refractivity (Wildman–Crippen MR) is 80.2 cm³/mol. The van der Waals surface area contributed by atoms with E-state index < -0.39 is 0 Å². The lowest BCUT2D eigenvalue weighted by Gasteiger charge is -2.36. The topological polar surface area (TPSA) is 60.1 Å². The molecule has 0 saturated heterocycles. The summed E-state index contributed by atoms with van der Waals surface area (Å²) in [6.07, 6.45) is 0.894. The van der Waals surface area contributed by atoms with Crippen molar-refractivity contribution in [1.29, 1.82) is 0 Å². The first-order chi connectivity index (χ1) is 9.59. The first-order valence-corrected chi connectivity index (χ1v) is 6.78. The maximum atomic E-state index is 6.00. The van der Waals surface area contributed by atoms with Gasteiger partial charge < -0.3 is 20.1 Å². The number of ether oxygens (including phenoxy) is 2. The van der Waals surface area contributed by atoms with Crippen LogP contribution in [0.4, 0.5) is 0 Å². The van der Waals surface area contributed by atoms with Crippen LogP contribution < -0.4 is 10.5 Å². The number of hydrogen-bond acceptors (Lipinski definition) is 5. The van der Waals surface area contributed by atoms with Crippen molar-refractivity contribution in [3.05, 3.63) is 29.8 Å². The highest BCUT2D eigenvalue weighted by Crippen LogP contribution is 2.26. The molecule has 2 rings (SSSR count). The summed E-state index contributed by atoms with van der Waals surface area (Å²) in [5.74, 6) is 1.48. The fourth-order valence-corrected chi connectivity index (χ4v) is 2.60. The number of guanidine groups is 1. The Hall–Kier alpha value is -1.75. The summed E-state index contributed by atoms with van der Waals surface area (Å²) >= 11 is 0. The number of nitrogens with zero attached hydrogens (tertiary/aromatic N) is 2. The van der Waals surface area contributed by atoms with Crippen LogP contribution in [0.25, 0.3) is 0 Å². The summed E-state index contributed by atoms with van der Waals surface area (Å²) in [7, 11) is 3.37. The van der Waals surface area contributed by atoms with Crippen molar-refractivity contribution in [2.45, 2.75) is 18.9 Å². The minimum Gasteiger partial charge on any atom is -0.497 e. The predicted octanol–water partition coefficient (Wildman–Crippen LogP) is 1.27. The SMILES string of the molecule is COCCN1C(N)=NCC1(C)Cc1ccc(OC)cc1. The van der Waals surface area contributed by atoms with E-state index in [0.717, 1.165) is 18.7 Å². The largest absolute Gasteiger partial charge is 0.497 e. The molecule has 5 nitrogen and oxygen atoms in total. The van der Waals surface area contributed by atoms with Crippen LogP contribution in [-0.2, 0) is 11.2 Å². The minimum absolute atomic E-state index is 0.0861. The molecule has 1 aliphatic rings. The van der Waals surface area contributed by atoms with Crippen LogP contribution in [0.2, 0.25) is 0 Å². The second-order valence-corrected chi connectivity index (χ2v) is 5.34. The number of aliphatic imine (C=N–C) groups is 1. The van der Waals surface area contributed by atoms with Gasteiger partial charge in [0.15, 0.2) is 5.96 Å². The summed E-state index contributed by atoms with van der Waals surface area (Å²) < 4.78 is 10.3. The van der Waals surface area contributed by atoms with E-state index in [-0.39, 0.29) is 5.54 Å². The van der Waals surface area contributed by atoms with E-state index in [4.69, 9.17) is 15.2 Å². The van der Waals surface area contributed by atoms with Crippen LogP contribution in [0.15, 0.2) is 29.3 Å². The van der Waals surface area contributed by atoms with Crippen molar-refractivity contribution < 1.29 is 9.47 Å². The van der Waals surface area contributed by atoms with Gasteiger partial charge in [0.1, 0.15) is 5.75 Å². The molecular formula is C15H23N3O2. The maximum Gasteiger partial charge on any atom is 0.191 e. The summed E-state index contributed by atoms with van der Waals surface area (Å²) in [6.45, 7) is 4.32. The lowest BCUT2D eigenvalue weighted by molar-refractivity contribution is 0.137. The van der Waals surface area contributed by atoms with E-state index in [9.17, 15) is 0 Å². The third kappa shape index (κ3) is 3.04. The lowest BCUT2D eigenvalue weighted by Crippen LogP contribution is -2.52. The van der Waals surface area contributed by atoms with Crippen molar-refractivity contribution in [3.8, 4) is 5.75 Å². The van der Waals surface area contributed by atoms with Gasteiger partial charge in [0.25, 0.3) is 0 Å². The van der Waals surface area contributed by atoms with Crippen LogP contribution >= 0.6 is 0 Å².